The molecule has 0 aromatic rings. The molecular weight excluding hydrogens is 154 g/mol. The van der Waals surface area contributed by atoms with Gasteiger partial charge in [-0.05, 0) is 6.92 Å². The molecule has 2 N–H and O–H groups in total. The summed E-state index contributed by atoms with van der Waals surface area (Å²) in [5.74, 6) is 0. The van der Waals surface area contributed by atoms with Gasteiger partial charge in [0, 0.05) is 13.1 Å². The summed E-state index contributed by atoms with van der Waals surface area (Å²) >= 11 is 0. The number of rotatable bonds is 6. The second-order valence-electron chi connectivity index (χ2n) is 2.69. The fraction of sp³-hybridized carbons (Fsp3) is 0.556. The lowest BCUT2D eigenvalue weighted by Gasteiger charge is -2.27. The maximum absolute atomic E-state index is 9.43. The molecule has 0 fully saturated rings. The molecule has 0 amide bonds. The third-order valence-electron chi connectivity index (χ3n) is 1.53. The maximum Gasteiger partial charge on any atom is 0.133 e. The van der Waals surface area contributed by atoms with E-state index in [1.807, 2.05) is 0 Å². The van der Waals surface area contributed by atoms with Crippen LogP contribution < -0.4 is 0 Å². The standard InChI is InChI=1S/C9H17NO2/c1-4-6-10(7-5-2)9(12)8(3)11/h4-5,8-9,11-12H,1-2,6-7H2,3H3. The minimum Gasteiger partial charge on any atom is -0.389 e. The molecule has 3 heteroatoms. The van der Waals surface area contributed by atoms with Crippen molar-refractivity contribution in [3.05, 3.63) is 25.3 Å². The highest BCUT2D eigenvalue weighted by Crippen LogP contribution is 2.01. The Morgan fingerprint density at radius 3 is 1.92 bits per heavy atom. The van der Waals surface area contributed by atoms with E-state index >= 15 is 0 Å². The van der Waals surface area contributed by atoms with Crippen molar-refractivity contribution in [3.63, 3.8) is 0 Å². The van der Waals surface area contributed by atoms with E-state index in [1.54, 1.807) is 24.0 Å². The Kier molecular flexibility index (Phi) is 5.62. The van der Waals surface area contributed by atoms with Gasteiger partial charge >= 0.3 is 0 Å². The minimum absolute atomic E-state index is 0.540. The zero-order valence-corrected chi connectivity index (χ0v) is 7.48. The van der Waals surface area contributed by atoms with Gasteiger partial charge in [-0.2, -0.15) is 0 Å². The third-order valence-corrected chi connectivity index (χ3v) is 1.53. The third kappa shape index (κ3) is 3.67. The Labute approximate surface area is 73.6 Å². The van der Waals surface area contributed by atoms with Crippen molar-refractivity contribution in [2.24, 2.45) is 0 Å². The zero-order chi connectivity index (χ0) is 9.56. The summed E-state index contributed by atoms with van der Waals surface area (Å²) in [5.41, 5.74) is 0. The number of aliphatic hydroxyl groups excluding tert-OH is 2. The van der Waals surface area contributed by atoms with E-state index in [9.17, 15) is 5.11 Å². The Hall–Kier alpha value is -0.640. The van der Waals surface area contributed by atoms with Gasteiger partial charge in [-0.1, -0.05) is 12.2 Å². The van der Waals surface area contributed by atoms with Crippen LogP contribution in [0.25, 0.3) is 0 Å². The molecular formula is C9H17NO2. The summed E-state index contributed by atoms with van der Waals surface area (Å²) in [6.07, 6.45) is 1.75. The zero-order valence-electron chi connectivity index (χ0n) is 7.48. The summed E-state index contributed by atoms with van der Waals surface area (Å²) in [4.78, 5) is 1.67. The van der Waals surface area contributed by atoms with Gasteiger partial charge in [-0.25, -0.2) is 0 Å². The second-order valence-corrected chi connectivity index (χ2v) is 2.69. The van der Waals surface area contributed by atoms with Crippen molar-refractivity contribution in [1.82, 2.24) is 4.90 Å². The molecule has 12 heavy (non-hydrogen) atoms. The lowest BCUT2D eigenvalue weighted by molar-refractivity contribution is -0.0659. The van der Waals surface area contributed by atoms with Crippen LogP contribution in [-0.4, -0.2) is 40.5 Å². The Morgan fingerprint density at radius 1 is 1.25 bits per heavy atom. The van der Waals surface area contributed by atoms with Crippen molar-refractivity contribution >= 4 is 0 Å². The highest BCUT2D eigenvalue weighted by Gasteiger charge is 2.17. The normalized spacial score (nSPS) is 15.7. The minimum atomic E-state index is -0.846. The van der Waals surface area contributed by atoms with Crippen LogP contribution in [0.15, 0.2) is 25.3 Å². The maximum atomic E-state index is 9.43. The number of hydrogen-bond acceptors (Lipinski definition) is 3. The summed E-state index contributed by atoms with van der Waals surface area (Å²) in [7, 11) is 0. The summed E-state index contributed by atoms with van der Waals surface area (Å²) < 4.78 is 0. The highest BCUT2D eigenvalue weighted by molar-refractivity contribution is 4.82. The smallest absolute Gasteiger partial charge is 0.133 e. The van der Waals surface area contributed by atoms with Crippen LogP contribution in [0.4, 0.5) is 0 Å². The van der Waals surface area contributed by atoms with Crippen molar-refractivity contribution in [3.8, 4) is 0 Å². The lowest BCUT2D eigenvalue weighted by atomic mass is 10.3. The Balaban J connectivity index is 4.06. The van der Waals surface area contributed by atoms with E-state index in [1.165, 1.54) is 0 Å². The van der Waals surface area contributed by atoms with Gasteiger partial charge in [0.15, 0.2) is 0 Å². The first-order valence-corrected chi connectivity index (χ1v) is 3.95. The average molecular weight is 171 g/mol. The number of nitrogens with zero attached hydrogens (tertiary/aromatic N) is 1. The van der Waals surface area contributed by atoms with Crippen LogP contribution in [-0.2, 0) is 0 Å². The summed E-state index contributed by atoms with van der Waals surface area (Å²) in [6, 6.07) is 0. The molecule has 0 aliphatic heterocycles. The molecule has 0 aliphatic carbocycles. The molecule has 0 aromatic heterocycles. The van der Waals surface area contributed by atoms with Crippen LogP contribution in [0.1, 0.15) is 6.92 Å². The second kappa shape index (κ2) is 5.94. The van der Waals surface area contributed by atoms with Gasteiger partial charge in [-0.15, -0.1) is 13.2 Å². The predicted molar refractivity (Wildman–Crippen MR) is 49.7 cm³/mol. The van der Waals surface area contributed by atoms with E-state index in [-0.39, 0.29) is 0 Å². The monoisotopic (exact) mass is 171 g/mol. The summed E-state index contributed by atoms with van der Waals surface area (Å²) in [5, 5.41) is 18.5. The molecule has 0 spiro atoms. The van der Waals surface area contributed by atoms with Gasteiger partial charge in [0.05, 0.1) is 6.10 Å². The molecule has 0 saturated carbocycles. The first-order chi connectivity index (χ1) is 5.63. The molecule has 0 radical (unpaired) electrons. The van der Waals surface area contributed by atoms with Gasteiger partial charge in [0.1, 0.15) is 6.23 Å². The lowest BCUT2D eigenvalue weighted by Crippen LogP contribution is -2.42. The first-order valence-electron chi connectivity index (χ1n) is 3.95. The van der Waals surface area contributed by atoms with E-state index in [2.05, 4.69) is 13.2 Å². The van der Waals surface area contributed by atoms with Crippen LogP contribution in [0, 0.1) is 0 Å². The fourth-order valence-corrected chi connectivity index (χ4v) is 0.927. The van der Waals surface area contributed by atoms with Crippen LogP contribution in [0.5, 0.6) is 0 Å². The molecule has 0 rings (SSSR count). The van der Waals surface area contributed by atoms with Gasteiger partial charge in [0.25, 0.3) is 0 Å². The average Bonchev–Trinajstić information content (AvgIpc) is 2.03. The molecule has 2 unspecified atom stereocenters. The number of hydrogen-bond donors (Lipinski definition) is 2. The van der Waals surface area contributed by atoms with Gasteiger partial charge in [0.2, 0.25) is 0 Å². The first kappa shape index (κ1) is 11.4. The van der Waals surface area contributed by atoms with Crippen molar-refractivity contribution < 1.29 is 10.2 Å². The highest BCUT2D eigenvalue weighted by atomic mass is 16.3. The van der Waals surface area contributed by atoms with E-state index < -0.39 is 12.3 Å². The van der Waals surface area contributed by atoms with Crippen molar-refractivity contribution in [2.75, 3.05) is 13.1 Å². The molecule has 70 valence electrons. The van der Waals surface area contributed by atoms with Gasteiger partial charge in [-0.3, -0.25) is 4.90 Å². The van der Waals surface area contributed by atoms with E-state index in [4.69, 9.17) is 5.11 Å². The molecule has 0 aromatic carbocycles. The van der Waals surface area contributed by atoms with Crippen LogP contribution >= 0.6 is 0 Å². The van der Waals surface area contributed by atoms with E-state index in [0.29, 0.717) is 13.1 Å². The molecule has 0 heterocycles. The molecule has 2 atom stereocenters. The van der Waals surface area contributed by atoms with Crippen molar-refractivity contribution in [2.45, 2.75) is 19.3 Å². The fourth-order valence-electron chi connectivity index (χ4n) is 0.927. The van der Waals surface area contributed by atoms with Crippen LogP contribution in [0.2, 0.25) is 0 Å². The Morgan fingerprint density at radius 2 is 1.67 bits per heavy atom. The molecule has 0 bridgehead atoms. The summed E-state index contributed by atoms with van der Waals surface area (Å²) in [6.45, 7) is 9.74. The predicted octanol–water partition coefficient (Wildman–Crippen LogP) is 0.360. The quantitative estimate of drug-likeness (QED) is 0.448. The van der Waals surface area contributed by atoms with Gasteiger partial charge < -0.3 is 10.2 Å². The SMILES string of the molecule is C=CCN(CC=C)C(O)C(C)O. The molecule has 0 saturated heterocycles. The molecule has 3 nitrogen and oxygen atoms in total. The van der Waals surface area contributed by atoms with E-state index in [0.717, 1.165) is 0 Å². The largest absolute Gasteiger partial charge is 0.389 e. The topological polar surface area (TPSA) is 43.7 Å². The van der Waals surface area contributed by atoms with Crippen molar-refractivity contribution in [1.29, 1.82) is 0 Å². The van der Waals surface area contributed by atoms with Crippen LogP contribution in [0.3, 0.4) is 0 Å². The Bertz CT molecular complexity index is 135. The number of aliphatic hydroxyl groups is 2. The molecule has 0 aliphatic rings.